The fourth-order valence-corrected chi connectivity index (χ4v) is 7.10. The number of fused-ring (bicyclic) bond motifs is 2. The van der Waals surface area contributed by atoms with Crippen molar-refractivity contribution in [1.29, 1.82) is 0 Å². The maximum absolute atomic E-state index is 17.3. The first-order chi connectivity index (χ1) is 22.3. The Morgan fingerprint density at radius 2 is 1.93 bits per heavy atom. The van der Waals surface area contributed by atoms with Gasteiger partial charge in [-0.15, -0.1) is 0 Å². The second-order valence-corrected chi connectivity index (χ2v) is 12.5. The molecule has 5 aromatic rings. The molecular formula is C33H32F2N8O2S. The first-order valence-corrected chi connectivity index (χ1v) is 15.9. The number of nitrogens with two attached hydrogens (primary N) is 1. The third kappa shape index (κ3) is 5.39. The fourth-order valence-electron chi connectivity index (χ4n) is 6.33. The molecule has 1 atom stereocenters. The number of piperazine rings is 1. The van der Waals surface area contributed by atoms with E-state index in [2.05, 4.69) is 33.5 Å². The minimum atomic E-state index is -0.622. The summed E-state index contributed by atoms with van der Waals surface area (Å²) < 4.78 is 38.5. The summed E-state index contributed by atoms with van der Waals surface area (Å²) in [6.45, 7) is 6.80. The Bertz CT molecular complexity index is 1960. The topological polar surface area (TPSA) is 114 Å². The van der Waals surface area contributed by atoms with E-state index in [0.29, 0.717) is 60.7 Å². The SMILES string of the molecule is C=CC(=O)N1CCN(c2nc(OC[C@@H]3CCCN3C)nc3c(F)c(-c4ccc(F)c5sc(N)nc45)c(-c4cccnc4)cc23)CC1. The Hall–Kier alpha value is -4.75. The Kier molecular flexibility index (Phi) is 7.95. The molecule has 2 fully saturated rings. The van der Waals surface area contributed by atoms with Gasteiger partial charge >= 0.3 is 6.01 Å². The van der Waals surface area contributed by atoms with Gasteiger partial charge in [-0.25, -0.2) is 13.8 Å². The van der Waals surface area contributed by atoms with Gasteiger partial charge in [-0.2, -0.15) is 9.97 Å². The first kappa shape index (κ1) is 29.9. The summed E-state index contributed by atoms with van der Waals surface area (Å²) in [5, 5.41) is 0.654. The number of thiazole rings is 1. The molecule has 2 aliphatic heterocycles. The molecule has 0 saturated carbocycles. The number of nitrogens with zero attached hydrogens (tertiary/aromatic N) is 7. The van der Waals surface area contributed by atoms with Crippen molar-refractivity contribution in [3.05, 3.63) is 67.0 Å². The molecule has 0 spiro atoms. The van der Waals surface area contributed by atoms with E-state index in [4.69, 9.17) is 15.5 Å². The van der Waals surface area contributed by atoms with Gasteiger partial charge in [0, 0.05) is 66.7 Å². The van der Waals surface area contributed by atoms with Gasteiger partial charge in [0.15, 0.2) is 10.9 Å². The summed E-state index contributed by atoms with van der Waals surface area (Å²) >= 11 is 1.01. The largest absolute Gasteiger partial charge is 0.462 e. The van der Waals surface area contributed by atoms with E-state index in [1.165, 1.54) is 18.2 Å². The lowest BCUT2D eigenvalue weighted by molar-refractivity contribution is -0.126. The Labute approximate surface area is 268 Å². The minimum absolute atomic E-state index is 0.0627. The molecule has 0 unspecified atom stereocenters. The summed E-state index contributed by atoms with van der Waals surface area (Å²) in [5.41, 5.74) is 8.08. The first-order valence-electron chi connectivity index (χ1n) is 15.1. The third-order valence-corrected chi connectivity index (χ3v) is 9.68. The number of aromatic nitrogens is 4. The number of hydrogen-bond acceptors (Lipinski definition) is 10. The molecule has 2 N–H and O–H groups in total. The zero-order valence-corrected chi connectivity index (χ0v) is 26.1. The fraction of sp³-hybridized carbons (Fsp3) is 0.303. The van der Waals surface area contributed by atoms with Crippen LogP contribution in [0, 0.1) is 11.6 Å². The highest BCUT2D eigenvalue weighted by Gasteiger charge is 2.29. The van der Waals surface area contributed by atoms with Crippen LogP contribution in [0.2, 0.25) is 0 Å². The second kappa shape index (κ2) is 12.2. The van der Waals surface area contributed by atoms with Gasteiger partial charge in [0.25, 0.3) is 0 Å². The van der Waals surface area contributed by atoms with E-state index in [0.717, 1.165) is 30.7 Å². The van der Waals surface area contributed by atoms with E-state index in [1.807, 2.05) is 17.0 Å². The molecule has 46 heavy (non-hydrogen) atoms. The van der Waals surface area contributed by atoms with Gasteiger partial charge in [-0.3, -0.25) is 9.78 Å². The lowest BCUT2D eigenvalue weighted by Crippen LogP contribution is -2.48. The van der Waals surface area contributed by atoms with Gasteiger partial charge in [0.2, 0.25) is 5.91 Å². The van der Waals surface area contributed by atoms with Crippen molar-refractivity contribution < 1.29 is 18.3 Å². The number of amides is 1. The van der Waals surface area contributed by atoms with Crippen LogP contribution in [-0.2, 0) is 4.79 Å². The highest BCUT2D eigenvalue weighted by molar-refractivity contribution is 7.22. The maximum Gasteiger partial charge on any atom is 0.319 e. The number of carbonyl (C=O) groups is 1. The van der Waals surface area contributed by atoms with E-state index in [9.17, 15) is 9.18 Å². The number of rotatable bonds is 7. The minimum Gasteiger partial charge on any atom is -0.462 e. The van der Waals surface area contributed by atoms with Crippen molar-refractivity contribution in [2.75, 3.05) is 57.0 Å². The van der Waals surface area contributed by atoms with Gasteiger partial charge in [0.05, 0.1) is 10.2 Å². The van der Waals surface area contributed by atoms with Crippen LogP contribution in [0.1, 0.15) is 12.8 Å². The van der Waals surface area contributed by atoms with Crippen molar-refractivity contribution in [2.24, 2.45) is 0 Å². The Balaban J connectivity index is 1.44. The number of nitrogen functional groups attached to an aromatic ring is 1. The van der Waals surface area contributed by atoms with Crippen LogP contribution >= 0.6 is 11.3 Å². The smallest absolute Gasteiger partial charge is 0.319 e. The molecule has 5 heterocycles. The number of halogens is 2. The van der Waals surface area contributed by atoms with Crippen LogP contribution in [0.25, 0.3) is 43.4 Å². The molecule has 0 radical (unpaired) electrons. The molecule has 2 aromatic carbocycles. The Morgan fingerprint density at radius 3 is 2.65 bits per heavy atom. The molecular weight excluding hydrogens is 610 g/mol. The Morgan fingerprint density at radius 1 is 1.11 bits per heavy atom. The van der Waals surface area contributed by atoms with Crippen molar-refractivity contribution in [2.45, 2.75) is 18.9 Å². The molecule has 13 heteroatoms. The normalized spacial score (nSPS) is 17.2. The highest BCUT2D eigenvalue weighted by atomic mass is 32.1. The zero-order valence-electron chi connectivity index (χ0n) is 25.2. The number of carbonyl (C=O) groups excluding carboxylic acids is 1. The quantitative estimate of drug-likeness (QED) is 0.241. The third-order valence-electron chi connectivity index (χ3n) is 8.79. The van der Waals surface area contributed by atoms with E-state index >= 15 is 4.39 Å². The van der Waals surface area contributed by atoms with E-state index < -0.39 is 11.6 Å². The maximum atomic E-state index is 17.3. The van der Waals surface area contributed by atoms with Crippen LogP contribution in [0.15, 0.2) is 55.4 Å². The summed E-state index contributed by atoms with van der Waals surface area (Å²) in [6.07, 6.45) is 6.66. The molecule has 1 amide bonds. The molecule has 2 aliphatic rings. The van der Waals surface area contributed by atoms with Crippen molar-refractivity contribution >= 4 is 49.3 Å². The molecule has 0 bridgehead atoms. The molecule has 10 nitrogen and oxygen atoms in total. The molecule has 0 aliphatic carbocycles. The number of ether oxygens (including phenoxy) is 1. The average Bonchev–Trinajstić information content (AvgIpc) is 3.69. The van der Waals surface area contributed by atoms with E-state index in [-0.39, 0.29) is 44.4 Å². The number of benzene rings is 2. The van der Waals surface area contributed by atoms with Gasteiger partial charge in [-0.1, -0.05) is 24.0 Å². The van der Waals surface area contributed by atoms with Crippen molar-refractivity contribution in [3.8, 4) is 28.3 Å². The van der Waals surface area contributed by atoms with Crippen LogP contribution in [0.4, 0.5) is 19.7 Å². The summed E-state index contributed by atoms with van der Waals surface area (Å²) in [4.78, 5) is 36.4. The van der Waals surface area contributed by atoms with Gasteiger partial charge in [-0.05, 0) is 62.3 Å². The standard InChI is InChI=1S/C33H32F2N8O2S/c1-3-25(44)42-12-14-43(15-13-42)31-23-16-22(19-6-4-10-37-17-19)26(21-8-9-24(34)30-29(21)38-32(36)46-30)27(35)28(23)39-33(40-31)45-18-20-7-5-11-41(20)2/h3-4,6,8-10,16-17,20H,1,5,7,11-15,18H2,2H3,(H2,36,38)/t20-/m0/s1. The average molecular weight is 643 g/mol. The van der Waals surface area contributed by atoms with Gasteiger partial charge in [0.1, 0.15) is 23.8 Å². The number of likely N-dealkylation sites (tertiary alicyclic amines) is 1. The molecule has 236 valence electrons. The lowest BCUT2D eigenvalue weighted by atomic mass is 9.92. The monoisotopic (exact) mass is 642 g/mol. The number of pyridine rings is 1. The number of likely N-dealkylation sites (N-methyl/N-ethyl adjacent to an activating group) is 1. The van der Waals surface area contributed by atoms with Crippen molar-refractivity contribution in [3.63, 3.8) is 0 Å². The van der Waals surface area contributed by atoms with Gasteiger partial charge < -0.3 is 25.2 Å². The molecule has 3 aromatic heterocycles. The highest BCUT2D eigenvalue weighted by Crippen LogP contribution is 2.44. The predicted octanol–water partition coefficient (Wildman–Crippen LogP) is 5.14. The number of anilines is 2. The zero-order chi connectivity index (χ0) is 31.9. The van der Waals surface area contributed by atoms with Crippen LogP contribution in [0.3, 0.4) is 0 Å². The van der Waals surface area contributed by atoms with Crippen LogP contribution < -0.4 is 15.4 Å². The van der Waals surface area contributed by atoms with Crippen molar-refractivity contribution in [1.82, 2.24) is 29.7 Å². The molecule has 7 rings (SSSR count). The lowest BCUT2D eigenvalue weighted by Gasteiger charge is -2.35. The van der Waals surface area contributed by atoms with Crippen LogP contribution in [-0.4, -0.2) is 88.1 Å². The summed E-state index contributed by atoms with van der Waals surface area (Å²) in [7, 11) is 2.05. The van der Waals surface area contributed by atoms with E-state index in [1.54, 1.807) is 23.4 Å². The molecule has 2 saturated heterocycles. The predicted molar refractivity (Wildman–Crippen MR) is 176 cm³/mol. The summed E-state index contributed by atoms with van der Waals surface area (Å²) in [5.74, 6) is -0.742. The number of hydrogen-bond donors (Lipinski definition) is 1. The second-order valence-electron chi connectivity index (χ2n) is 11.5. The summed E-state index contributed by atoms with van der Waals surface area (Å²) in [6, 6.07) is 8.54. The van der Waals surface area contributed by atoms with Crippen LogP contribution in [0.5, 0.6) is 6.01 Å².